The van der Waals surface area contributed by atoms with Gasteiger partial charge in [-0.1, -0.05) is 0 Å². The van der Waals surface area contributed by atoms with Gasteiger partial charge in [-0.3, -0.25) is 14.1 Å². The highest BCUT2D eigenvalue weighted by Gasteiger charge is 2.36. The minimum atomic E-state index is -2.97. The molecule has 114 valence electrons. The van der Waals surface area contributed by atoms with Crippen LogP contribution in [0.4, 0.5) is 0 Å². The lowest BCUT2D eigenvalue weighted by molar-refractivity contribution is 0.201. The van der Waals surface area contributed by atoms with Crippen LogP contribution in [-0.2, 0) is 0 Å². The standard InChI is InChI=1S/C14H11BrN2O4S/c15-14-11(21-9-3-8(4-16)5-17-6-9)1-2-12-13(14)10(18)7-22(12,19)20/h1-3,5-6,10,18-20H,7H2. The van der Waals surface area contributed by atoms with Crippen molar-refractivity contribution in [2.24, 2.45) is 0 Å². The van der Waals surface area contributed by atoms with Gasteiger partial charge in [-0.05, 0) is 28.1 Å². The van der Waals surface area contributed by atoms with Crippen molar-refractivity contribution in [3.05, 3.63) is 46.2 Å². The average Bonchev–Trinajstić information content (AvgIpc) is 2.72. The summed E-state index contributed by atoms with van der Waals surface area (Å²) in [6.07, 6.45) is 1.91. The van der Waals surface area contributed by atoms with Crippen LogP contribution in [0.5, 0.6) is 11.5 Å². The molecule has 0 amide bonds. The molecule has 1 aromatic heterocycles. The third kappa shape index (κ3) is 2.58. The lowest BCUT2D eigenvalue weighted by Crippen LogP contribution is -2.00. The number of rotatable bonds is 2. The third-order valence-electron chi connectivity index (χ3n) is 3.25. The molecule has 0 bridgehead atoms. The third-order valence-corrected chi connectivity index (χ3v) is 5.91. The molecular formula is C14H11BrN2O4S. The summed E-state index contributed by atoms with van der Waals surface area (Å²) in [7, 11) is -2.97. The number of hydrogen-bond acceptors (Lipinski definition) is 6. The molecule has 2 aromatic rings. The first kappa shape index (κ1) is 15.3. The van der Waals surface area contributed by atoms with E-state index in [2.05, 4.69) is 20.9 Å². The van der Waals surface area contributed by atoms with Gasteiger partial charge in [-0.15, -0.1) is 0 Å². The number of benzene rings is 1. The molecule has 1 aromatic carbocycles. The van der Waals surface area contributed by atoms with Crippen LogP contribution in [0.3, 0.4) is 0 Å². The van der Waals surface area contributed by atoms with E-state index in [9.17, 15) is 14.2 Å². The number of hydrogen-bond donors (Lipinski definition) is 3. The predicted molar refractivity (Wildman–Crippen MR) is 84.1 cm³/mol. The molecule has 0 radical (unpaired) electrons. The van der Waals surface area contributed by atoms with Crippen LogP contribution in [0.25, 0.3) is 0 Å². The molecule has 1 atom stereocenters. The van der Waals surface area contributed by atoms with Gasteiger partial charge in [0, 0.05) is 17.8 Å². The SMILES string of the molecule is N#Cc1cncc(Oc2ccc3c(c2Br)C(O)CS3(O)O)c1. The highest BCUT2D eigenvalue weighted by molar-refractivity contribution is 9.10. The van der Waals surface area contributed by atoms with Gasteiger partial charge < -0.3 is 9.84 Å². The van der Waals surface area contributed by atoms with Gasteiger partial charge in [-0.2, -0.15) is 15.9 Å². The summed E-state index contributed by atoms with van der Waals surface area (Å²) >= 11 is 3.34. The summed E-state index contributed by atoms with van der Waals surface area (Å²) in [5, 5.41) is 18.9. The monoisotopic (exact) mass is 382 g/mol. The van der Waals surface area contributed by atoms with Crippen LogP contribution in [0.1, 0.15) is 17.2 Å². The fourth-order valence-electron chi connectivity index (χ4n) is 2.29. The molecule has 2 heterocycles. The Morgan fingerprint density at radius 1 is 1.36 bits per heavy atom. The number of pyridine rings is 1. The van der Waals surface area contributed by atoms with Crippen molar-refractivity contribution in [1.29, 1.82) is 5.26 Å². The highest BCUT2D eigenvalue weighted by Crippen LogP contribution is 2.61. The summed E-state index contributed by atoms with van der Waals surface area (Å²) < 4.78 is 26.0. The van der Waals surface area contributed by atoms with E-state index in [4.69, 9.17) is 10.00 Å². The molecule has 1 aliphatic rings. The molecule has 1 unspecified atom stereocenters. The number of ether oxygens (including phenoxy) is 1. The molecular weight excluding hydrogens is 372 g/mol. The zero-order chi connectivity index (χ0) is 15.9. The van der Waals surface area contributed by atoms with Crippen LogP contribution in [0, 0.1) is 11.3 Å². The Hall–Kier alpha value is -1.63. The summed E-state index contributed by atoms with van der Waals surface area (Å²) in [5.74, 6) is 0.654. The molecule has 0 fully saturated rings. The van der Waals surface area contributed by atoms with Gasteiger partial charge in [0.25, 0.3) is 0 Å². The molecule has 1 aliphatic heterocycles. The summed E-state index contributed by atoms with van der Waals surface area (Å²) in [4.78, 5) is 4.23. The highest BCUT2D eigenvalue weighted by atomic mass is 79.9. The van der Waals surface area contributed by atoms with E-state index < -0.39 is 16.7 Å². The number of halogens is 1. The molecule has 22 heavy (non-hydrogen) atoms. The van der Waals surface area contributed by atoms with Gasteiger partial charge in [0.05, 0.1) is 33.0 Å². The molecule has 6 nitrogen and oxygen atoms in total. The number of nitrogens with zero attached hydrogens (tertiary/aromatic N) is 2. The Balaban J connectivity index is 2.00. The molecule has 0 saturated carbocycles. The molecule has 8 heteroatoms. The summed E-state index contributed by atoms with van der Waals surface area (Å²) in [5.41, 5.74) is 0.783. The van der Waals surface area contributed by atoms with E-state index >= 15 is 0 Å². The first-order chi connectivity index (χ1) is 10.4. The lowest BCUT2D eigenvalue weighted by atomic mass is 10.1. The van der Waals surface area contributed by atoms with Crippen molar-refractivity contribution in [2.75, 3.05) is 5.75 Å². The van der Waals surface area contributed by atoms with Crippen LogP contribution >= 0.6 is 26.5 Å². The van der Waals surface area contributed by atoms with Crippen LogP contribution in [0.2, 0.25) is 0 Å². The van der Waals surface area contributed by atoms with Crippen molar-refractivity contribution in [3.63, 3.8) is 0 Å². The van der Waals surface area contributed by atoms with E-state index in [0.29, 0.717) is 32.0 Å². The van der Waals surface area contributed by atoms with Gasteiger partial charge in [0.15, 0.2) is 0 Å². The van der Waals surface area contributed by atoms with Crippen molar-refractivity contribution in [2.45, 2.75) is 11.0 Å². The second-order valence-corrected chi connectivity index (χ2v) is 7.66. The van der Waals surface area contributed by atoms with Crippen LogP contribution < -0.4 is 4.74 Å². The van der Waals surface area contributed by atoms with Crippen LogP contribution in [0.15, 0.2) is 40.0 Å². The quantitative estimate of drug-likeness (QED) is 0.731. The first-order valence-electron chi connectivity index (χ1n) is 6.22. The number of aliphatic hydroxyl groups is 1. The number of aromatic nitrogens is 1. The zero-order valence-electron chi connectivity index (χ0n) is 11.1. The van der Waals surface area contributed by atoms with Crippen molar-refractivity contribution in [1.82, 2.24) is 4.98 Å². The maximum atomic E-state index is 10.0. The predicted octanol–water partition coefficient (Wildman–Crippen LogP) is 3.66. The smallest absolute Gasteiger partial charge is 0.147 e. The van der Waals surface area contributed by atoms with Crippen molar-refractivity contribution in [3.8, 4) is 17.6 Å². The van der Waals surface area contributed by atoms with Crippen molar-refractivity contribution < 1.29 is 18.9 Å². The fourth-order valence-corrected chi connectivity index (χ4v) is 4.77. The first-order valence-corrected chi connectivity index (χ1v) is 8.72. The zero-order valence-corrected chi connectivity index (χ0v) is 13.5. The fraction of sp³-hybridized carbons (Fsp3) is 0.143. The van der Waals surface area contributed by atoms with Gasteiger partial charge in [0.1, 0.15) is 17.6 Å². The van der Waals surface area contributed by atoms with E-state index in [1.807, 2.05) is 6.07 Å². The number of nitriles is 1. The van der Waals surface area contributed by atoms with E-state index in [1.54, 1.807) is 6.07 Å². The second-order valence-electron chi connectivity index (χ2n) is 4.76. The Morgan fingerprint density at radius 3 is 2.86 bits per heavy atom. The van der Waals surface area contributed by atoms with Gasteiger partial charge >= 0.3 is 0 Å². The Labute approximate surface area is 136 Å². The lowest BCUT2D eigenvalue weighted by Gasteiger charge is -2.27. The molecule has 3 rings (SSSR count). The van der Waals surface area contributed by atoms with E-state index in [-0.39, 0.29) is 5.75 Å². The normalized spacial score (nSPS) is 20.0. The Bertz CT molecular complexity index is 791. The molecule has 0 saturated heterocycles. The Kier molecular flexibility index (Phi) is 3.84. The van der Waals surface area contributed by atoms with Crippen LogP contribution in [-0.4, -0.2) is 24.9 Å². The minimum absolute atomic E-state index is 0.115. The van der Waals surface area contributed by atoms with E-state index in [1.165, 1.54) is 24.5 Å². The second kappa shape index (κ2) is 5.53. The van der Waals surface area contributed by atoms with Crippen molar-refractivity contribution >= 4 is 26.5 Å². The summed E-state index contributed by atoms with van der Waals surface area (Å²) in [6.45, 7) is 0. The minimum Gasteiger partial charge on any atom is -0.455 e. The number of aliphatic hydroxyl groups excluding tert-OH is 1. The molecule has 3 N–H and O–H groups in total. The maximum absolute atomic E-state index is 10.0. The average molecular weight is 383 g/mol. The topological polar surface area (TPSA) is 107 Å². The van der Waals surface area contributed by atoms with Gasteiger partial charge in [0.2, 0.25) is 0 Å². The Morgan fingerprint density at radius 2 is 2.14 bits per heavy atom. The molecule has 0 aliphatic carbocycles. The number of fused-ring (bicyclic) bond motifs is 1. The summed E-state index contributed by atoms with van der Waals surface area (Å²) in [6, 6.07) is 6.62. The van der Waals surface area contributed by atoms with E-state index in [0.717, 1.165) is 0 Å². The largest absolute Gasteiger partial charge is 0.455 e. The van der Waals surface area contributed by atoms with Gasteiger partial charge in [-0.25, -0.2) is 0 Å². The maximum Gasteiger partial charge on any atom is 0.147 e. The molecule has 0 spiro atoms.